The zero-order valence-electron chi connectivity index (χ0n) is 17.2. The number of hydrogen-bond donors (Lipinski definition) is 1. The summed E-state index contributed by atoms with van der Waals surface area (Å²) in [4.78, 5) is 6.33. The van der Waals surface area contributed by atoms with Crippen molar-refractivity contribution in [3.63, 3.8) is 0 Å². The van der Waals surface area contributed by atoms with Gasteiger partial charge in [-0.25, -0.2) is 22.2 Å². The van der Waals surface area contributed by atoms with Gasteiger partial charge in [-0.2, -0.15) is 4.31 Å². The highest BCUT2D eigenvalue weighted by atomic mass is 32.2. The molecule has 0 aliphatic carbocycles. The maximum absolute atomic E-state index is 13.8. The molecule has 0 atom stereocenters. The minimum absolute atomic E-state index is 0.00300. The van der Waals surface area contributed by atoms with E-state index in [1.807, 2.05) is 25.7 Å². The lowest BCUT2D eigenvalue weighted by Crippen LogP contribution is -2.54. The number of nitrogens with zero attached hydrogens (tertiary/aromatic N) is 3. The zero-order valence-corrected chi connectivity index (χ0v) is 18.0. The van der Waals surface area contributed by atoms with Crippen molar-refractivity contribution in [2.45, 2.75) is 33.4 Å². The van der Waals surface area contributed by atoms with Gasteiger partial charge in [-0.05, 0) is 39.0 Å². The molecule has 0 saturated carbocycles. The Hall–Kier alpha value is -1.78. The summed E-state index contributed by atoms with van der Waals surface area (Å²) in [5, 5.41) is 3.13. The van der Waals surface area contributed by atoms with E-state index in [0.717, 1.165) is 18.2 Å². The number of ether oxygens (including phenoxy) is 1. The topological polar surface area (TPSA) is 74.2 Å². The fourth-order valence-corrected chi connectivity index (χ4v) is 4.23. The second-order valence-electron chi connectivity index (χ2n) is 7.03. The van der Waals surface area contributed by atoms with Crippen molar-refractivity contribution >= 4 is 16.0 Å². The van der Waals surface area contributed by atoms with Crippen molar-refractivity contribution in [2.75, 3.05) is 45.1 Å². The lowest BCUT2D eigenvalue weighted by Gasteiger charge is -2.36. The van der Waals surface area contributed by atoms with Gasteiger partial charge in [0.2, 0.25) is 10.0 Å². The van der Waals surface area contributed by atoms with Crippen LogP contribution in [0.15, 0.2) is 23.2 Å². The molecule has 0 amide bonds. The molecule has 0 unspecified atom stereocenters. The largest absolute Gasteiger partial charge is 0.378 e. The second-order valence-corrected chi connectivity index (χ2v) is 9.12. The predicted octanol–water partition coefficient (Wildman–Crippen LogP) is 1.80. The van der Waals surface area contributed by atoms with Gasteiger partial charge in [-0.1, -0.05) is 0 Å². The van der Waals surface area contributed by atoms with Gasteiger partial charge in [-0.3, -0.25) is 0 Å². The molecule has 164 valence electrons. The average Bonchev–Trinajstić information content (AvgIpc) is 2.67. The third-order valence-corrected chi connectivity index (χ3v) is 6.30. The molecule has 7 nitrogen and oxygen atoms in total. The molecule has 1 aromatic carbocycles. The molecule has 1 aromatic rings. The Kier molecular flexibility index (Phi) is 8.79. The van der Waals surface area contributed by atoms with Crippen molar-refractivity contribution in [1.82, 2.24) is 14.5 Å². The number of piperazine rings is 1. The van der Waals surface area contributed by atoms with E-state index in [-0.39, 0.29) is 30.6 Å². The summed E-state index contributed by atoms with van der Waals surface area (Å²) in [7, 11) is -3.38. The Balaban J connectivity index is 1.97. The molecule has 10 heteroatoms. The van der Waals surface area contributed by atoms with Crippen molar-refractivity contribution in [3.8, 4) is 0 Å². The van der Waals surface area contributed by atoms with Gasteiger partial charge in [-0.15, -0.1) is 0 Å². The van der Waals surface area contributed by atoms with Gasteiger partial charge in [0.1, 0.15) is 11.6 Å². The minimum atomic E-state index is -3.38. The molecule has 1 aliphatic rings. The standard InChI is InChI=1S/C19H30F2N4O3S/c1-4-22-19(23-14-16-13-17(20)5-6-18(16)21)24-7-9-25(10-8-24)29(26,27)12-11-28-15(2)3/h5-6,13,15H,4,7-12,14H2,1-3H3,(H,22,23). The number of nitrogens with one attached hydrogen (secondary N) is 1. The van der Waals surface area contributed by atoms with Crippen LogP contribution < -0.4 is 5.32 Å². The number of halogens is 2. The van der Waals surface area contributed by atoms with E-state index in [4.69, 9.17) is 4.74 Å². The van der Waals surface area contributed by atoms with Gasteiger partial charge < -0.3 is 15.0 Å². The zero-order chi connectivity index (χ0) is 21.4. The molecule has 0 spiro atoms. The first-order valence-electron chi connectivity index (χ1n) is 9.79. The van der Waals surface area contributed by atoms with Gasteiger partial charge in [0, 0.05) is 38.3 Å². The Bertz CT molecular complexity index is 795. The maximum atomic E-state index is 13.8. The third kappa shape index (κ3) is 7.20. The molecule has 1 heterocycles. The van der Waals surface area contributed by atoms with Gasteiger partial charge in [0.25, 0.3) is 0 Å². The summed E-state index contributed by atoms with van der Waals surface area (Å²) in [6, 6.07) is 3.28. The lowest BCUT2D eigenvalue weighted by atomic mass is 10.2. The van der Waals surface area contributed by atoms with Crippen LogP contribution in [-0.2, 0) is 21.3 Å². The van der Waals surface area contributed by atoms with Gasteiger partial charge in [0.15, 0.2) is 5.96 Å². The Morgan fingerprint density at radius 2 is 1.93 bits per heavy atom. The monoisotopic (exact) mass is 432 g/mol. The summed E-state index contributed by atoms with van der Waals surface area (Å²) < 4.78 is 58.9. The fraction of sp³-hybridized carbons (Fsp3) is 0.632. The first-order chi connectivity index (χ1) is 13.7. The van der Waals surface area contributed by atoms with Gasteiger partial charge in [0.05, 0.1) is 25.0 Å². The lowest BCUT2D eigenvalue weighted by molar-refractivity contribution is 0.0904. The van der Waals surface area contributed by atoms with E-state index in [0.29, 0.717) is 38.7 Å². The number of hydrogen-bond acceptors (Lipinski definition) is 4. The number of aliphatic imine (C=N–C) groups is 1. The van der Waals surface area contributed by atoms with E-state index in [1.54, 1.807) is 0 Å². The molecule has 29 heavy (non-hydrogen) atoms. The normalized spacial score (nSPS) is 16.5. The van der Waals surface area contributed by atoms with Crippen molar-refractivity contribution in [2.24, 2.45) is 4.99 Å². The first-order valence-corrected chi connectivity index (χ1v) is 11.4. The molecule has 1 fully saturated rings. The molecule has 2 rings (SSSR count). The van der Waals surface area contributed by atoms with E-state index in [1.165, 1.54) is 4.31 Å². The van der Waals surface area contributed by atoms with Crippen LogP contribution in [0.25, 0.3) is 0 Å². The Morgan fingerprint density at radius 3 is 2.55 bits per heavy atom. The minimum Gasteiger partial charge on any atom is -0.378 e. The molecule has 0 bridgehead atoms. The maximum Gasteiger partial charge on any atom is 0.216 e. The number of benzene rings is 1. The van der Waals surface area contributed by atoms with Crippen LogP contribution in [0.4, 0.5) is 8.78 Å². The van der Waals surface area contributed by atoms with Crippen LogP contribution in [0.2, 0.25) is 0 Å². The molecular weight excluding hydrogens is 402 g/mol. The SMILES string of the molecule is CCNC(=NCc1cc(F)ccc1F)N1CCN(S(=O)(=O)CCOC(C)C)CC1. The van der Waals surface area contributed by atoms with Gasteiger partial charge >= 0.3 is 0 Å². The van der Waals surface area contributed by atoms with Crippen LogP contribution in [0.1, 0.15) is 26.3 Å². The van der Waals surface area contributed by atoms with E-state index in [2.05, 4.69) is 10.3 Å². The summed E-state index contributed by atoms with van der Waals surface area (Å²) in [6.07, 6.45) is -0.0103. The summed E-state index contributed by atoms with van der Waals surface area (Å²) in [6.45, 7) is 8.00. The van der Waals surface area contributed by atoms with Crippen molar-refractivity contribution in [1.29, 1.82) is 0 Å². The van der Waals surface area contributed by atoms with Crippen molar-refractivity contribution < 1.29 is 21.9 Å². The predicted molar refractivity (Wildman–Crippen MR) is 109 cm³/mol. The third-order valence-electron chi connectivity index (χ3n) is 4.47. The molecule has 1 N–H and O–H groups in total. The number of rotatable bonds is 8. The molecule has 1 aliphatic heterocycles. The Labute approximate surface area is 171 Å². The summed E-state index contributed by atoms with van der Waals surface area (Å²) >= 11 is 0. The van der Waals surface area contributed by atoms with Crippen LogP contribution >= 0.6 is 0 Å². The highest BCUT2D eigenvalue weighted by molar-refractivity contribution is 7.89. The van der Waals surface area contributed by atoms with Crippen molar-refractivity contribution in [3.05, 3.63) is 35.4 Å². The highest BCUT2D eigenvalue weighted by Crippen LogP contribution is 2.12. The van der Waals surface area contributed by atoms with Crippen LogP contribution in [-0.4, -0.2) is 74.8 Å². The van der Waals surface area contributed by atoms with Crippen LogP contribution in [0, 0.1) is 11.6 Å². The molecule has 0 radical (unpaired) electrons. The van der Waals surface area contributed by atoms with Crippen LogP contribution in [0.3, 0.4) is 0 Å². The Morgan fingerprint density at radius 1 is 1.24 bits per heavy atom. The highest BCUT2D eigenvalue weighted by Gasteiger charge is 2.28. The fourth-order valence-electron chi connectivity index (χ4n) is 2.95. The molecular formula is C19H30F2N4O3S. The van der Waals surface area contributed by atoms with E-state index < -0.39 is 21.7 Å². The average molecular weight is 433 g/mol. The second kappa shape index (κ2) is 10.8. The van der Waals surface area contributed by atoms with Crippen LogP contribution in [0.5, 0.6) is 0 Å². The smallest absolute Gasteiger partial charge is 0.216 e. The number of guanidine groups is 1. The summed E-state index contributed by atoms with van der Waals surface area (Å²) in [5.41, 5.74) is 0.173. The quantitative estimate of drug-likeness (QED) is 0.501. The van der Waals surface area contributed by atoms with E-state index >= 15 is 0 Å². The molecule has 0 aromatic heterocycles. The molecule has 1 saturated heterocycles. The first kappa shape index (κ1) is 23.5. The van der Waals surface area contributed by atoms with E-state index in [9.17, 15) is 17.2 Å². The summed E-state index contributed by atoms with van der Waals surface area (Å²) in [5.74, 6) is -0.512. The number of sulfonamides is 1.